The Kier molecular flexibility index (Phi) is 5.12. The predicted molar refractivity (Wildman–Crippen MR) is 87.7 cm³/mol. The highest BCUT2D eigenvalue weighted by Crippen LogP contribution is 2.34. The highest BCUT2D eigenvalue weighted by molar-refractivity contribution is 7.09. The van der Waals surface area contributed by atoms with E-state index in [-0.39, 0.29) is 5.41 Å². The van der Waals surface area contributed by atoms with Gasteiger partial charge in [-0.15, -0.1) is 22.9 Å². The first-order chi connectivity index (χ1) is 9.94. The van der Waals surface area contributed by atoms with Crippen LogP contribution in [0.5, 0.6) is 11.5 Å². The first-order valence-corrected chi connectivity index (χ1v) is 8.16. The van der Waals surface area contributed by atoms with Gasteiger partial charge in [-0.3, -0.25) is 0 Å². The molecule has 3 nitrogen and oxygen atoms in total. The van der Waals surface area contributed by atoms with Gasteiger partial charge in [-0.1, -0.05) is 20.8 Å². The van der Waals surface area contributed by atoms with Crippen LogP contribution in [0, 0.1) is 0 Å². The Hall–Kier alpha value is -1.26. The molecule has 0 atom stereocenters. The lowest BCUT2D eigenvalue weighted by Crippen LogP contribution is -2.13. The fraction of sp³-hybridized carbons (Fsp3) is 0.438. The number of alkyl halides is 1. The number of ether oxygens (including phenoxy) is 2. The highest BCUT2D eigenvalue weighted by Gasteiger charge is 2.20. The van der Waals surface area contributed by atoms with Gasteiger partial charge in [-0.25, -0.2) is 4.98 Å². The lowest BCUT2D eigenvalue weighted by Gasteiger charge is -2.23. The van der Waals surface area contributed by atoms with Gasteiger partial charge >= 0.3 is 0 Å². The molecule has 114 valence electrons. The first kappa shape index (κ1) is 16.1. The molecule has 21 heavy (non-hydrogen) atoms. The summed E-state index contributed by atoms with van der Waals surface area (Å²) >= 11 is 7.33. The molecule has 0 spiro atoms. The van der Waals surface area contributed by atoms with E-state index in [4.69, 9.17) is 21.1 Å². The van der Waals surface area contributed by atoms with Crippen molar-refractivity contribution in [3.8, 4) is 11.5 Å². The molecule has 1 heterocycles. The summed E-state index contributed by atoms with van der Waals surface area (Å²) < 4.78 is 11.3. The molecule has 0 N–H and O–H groups in total. The van der Waals surface area contributed by atoms with Crippen molar-refractivity contribution < 1.29 is 9.47 Å². The number of rotatable bonds is 5. The number of halogens is 1. The third-order valence-corrected chi connectivity index (χ3v) is 4.23. The smallest absolute Gasteiger partial charge is 0.140 e. The van der Waals surface area contributed by atoms with Gasteiger partial charge in [0.2, 0.25) is 0 Å². The molecule has 0 saturated heterocycles. The summed E-state index contributed by atoms with van der Waals surface area (Å²) in [5, 5.41) is 2.89. The Bertz CT molecular complexity index is 605. The van der Waals surface area contributed by atoms with Gasteiger partial charge in [-0.05, 0) is 23.6 Å². The normalized spacial score (nSPS) is 11.5. The fourth-order valence-corrected chi connectivity index (χ4v) is 2.90. The van der Waals surface area contributed by atoms with Gasteiger partial charge in [0, 0.05) is 10.9 Å². The van der Waals surface area contributed by atoms with Gasteiger partial charge in [0.1, 0.15) is 23.1 Å². The fourth-order valence-electron chi connectivity index (χ4n) is 1.96. The van der Waals surface area contributed by atoms with Crippen molar-refractivity contribution in [2.75, 3.05) is 7.11 Å². The molecule has 0 aliphatic rings. The molecule has 0 amide bonds. The monoisotopic (exact) mass is 325 g/mol. The second-order valence-electron chi connectivity index (χ2n) is 5.77. The van der Waals surface area contributed by atoms with Crippen LogP contribution in [-0.4, -0.2) is 12.1 Å². The average molecular weight is 326 g/mol. The Morgan fingerprint density at radius 3 is 2.62 bits per heavy atom. The predicted octanol–water partition coefficient (Wildman–Crippen LogP) is 4.77. The van der Waals surface area contributed by atoms with Gasteiger partial charge in [-0.2, -0.15) is 0 Å². The Morgan fingerprint density at radius 2 is 2.05 bits per heavy atom. The highest BCUT2D eigenvalue weighted by atomic mass is 35.5. The molecule has 0 unspecified atom stereocenters. The van der Waals surface area contributed by atoms with E-state index in [1.807, 2.05) is 23.6 Å². The van der Waals surface area contributed by atoms with Crippen molar-refractivity contribution in [3.05, 3.63) is 39.8 Å². The lowest BCUT2D eigenvalue weighted by atomic mass is 9.86. The molecule has 0 radical (unpaired) electrons. The second-order valence-corrected chi connectivity index (χ2v) is 6.98. The SMILES string of the molecule is COc1ccc(OCc2nc(CCl)cs2)c(C(C)(C)C)c1. The molecule has 1 aromatic carbocycles. The Morgan fingerprint density at radius 1 is 1.29 bits per heavy atom. The van der Waals surface area contributed by atoms with E-state index in [1.54, 1.807) is 18.4 Å². The van der Waals surface area contributed by atoms with E-state index in [0.717, 1.165) is 27.8 Å². The zero-order valence-electron chi connectivity index (χ0n) is 12.8. The van der Waals surface area contributed by atoms with E-state index in [2.05, 4.69) is 25.8 Å². The Balaban J connectivity index is 2.19. The number of nitrogens with zero attached hydrogens (tertiary/aromatic N) is 1. The van der Waals surface area contributed by atoms with Gasteiger partial charge < -0.3 is 9.47 Å². The summed E-state index contributed by atoms with van der Waals surface area (Å²) in [6.45, 7) is 6.92. The van der Waals surface area contributed by atoms with Crippen molar-refractivity contribution in [2.24, 2.45) is 0 Å². The van der Waals surface area contributed by atoms with Crippen LogP contribution in [0.1, 0.15) is 37.0 Å². The molecule has 0 fully saturated rings. The van der Waals surface area contributed by atoms with E-state index < -0.39 is 0 Å². The molecule has 0 saturated carbocycles. The number of methoxy groups -OCH3 is 1. The summed E-state index contributed by atoms with van der Waals surface area (Å²) in [5.74, 6) is 2.14. The minimum Gasteiger partial charge on any atom is -0.497 e. The maximum Gasteiger partial charge on any atom is 0.140 e. The summed E-state index contributed by atoms with van der Waals surface area (Å²) in [7, 11) is 1.67. The summed E-state index contributed by atoms with van der Waals surface area (Å²) in [6, 6.07) is 5.90. The van der Waals surface area contributed by atoms with Crippen LogP contribution < -0.4 is 9.47 Å². The second kappa shape index (κ2) is 6.67. The van der Waals surface area contributed by atoms with Crippen LogP contribution >= 0.6 is 22.9 Å². The van der Waals surface area contributed by atoms with Gasteiger partial charge in [0.25, 0.3) is 0 Å². The van der Waals surface area contributed by atoms with Crippen LogP contribution in [0.4, 0.5) is 0 Å². The molecular weight excluding hydrogens is 306 g/mol. The Labute approximate surface area is 134 Å². The zero-order chi connectivity index (χ0) is 15.5. The minimum atomic E-state index is -0.0198. The van der Waals surface area contributed by atoms with E-state index >= 15 is 0 Å². The molecule has 2 rings (SSSR count). The van der Waals surface area contributed by atoms with E-state index in [9.17, 15) is 0 Å². The minimum absolute atomic E-state index is 0.0198. The maximum atomic E-state index is 5.96. The lowest BCUT2D eigenvalue weighted by molar-refractivity contribution is 0.295. The molecule has 0 bridgehead atoms. The number of aromatic nitrogens is 1. The third kappa shape index (κ3) is 4.11. The van der Waals surface area contributed by atoms with Crippen LogP contribution in [0.15, 0.2) is 23.6 Å². The third-order valence-electron chi connectivity index (χ3n) is 3.08. The van der Waals surface area contributed by atoms with Crippen molar-refractivity contribution in [3.63, 3.8) is 0 Å². The number of thiazole rings is 1. The van der Waals surface area contributed by atoms with Crippen molar-refractivity contribution in [1.29, 1.82) is 0 Å². The molecule has 5 heteroatoms. The van der Waals surface area contributed by atoms with Crippen LogP contribution in [0.25, 0.3) is 0 Å². The summed E-state index contributed by atoms with van der Waals surface area (Å²) in [6.07, 6.45) is 0. The summed E-state index contributed by atoms with van der Waals surface area (Å²) in [5.41, 5.74) is 2.00. The first-order valence-electron chi connectivity index (χ1n) is 6.74. The van der Waals surface area contributed by atoms with Gasteiger partial charge in [0.15, 0.2) is 0 Å². The van der Waals surface area contributed by atoms with E-state index in [0.29, 0.717) is 12.5 Å². The van der Waals surface area contributed by atoms with Crippen molar-refractivity contribution in [2.45, 2.75) is 38.7 Å². The van der Waals surface area contributed by atoms with Crippen LogP contribution in [0.2, 0.25) is 0 Å². The zero-order valence-corrected chi connectivity index (χ0v) is 14.3. The molecule has 1 aromatic heterocycles. The number of benzene rings is 1. The van der Waals surface area contributed by atoms with Crippen molar-refractivity contribution >= 4 is 22.9 Å². The van der Waals surface area contributed by atoms with Crippen LogP contribution in [-0.2, 0) is 17.9 Å². The molecular formula is C16H20ClNO2S. The quantitative estimate of drug-likeness (QED) is 0.742. The number of hydrogen-bond donors (Lipinski definition) is 0. The number of hydrogen-bond acceptors (Lipinski definition) is 4. The van der Waals surface area contributed by atoms with Crippen molar-refractivity contribution in [1.82, 2.24) is 4.98 Å². The van der Waals surface area contributed by atoms with Gasteiger partial charge in [0.05, 0.1) is 18.7 Å². The topological polar surface area (TPSA) is 31.4 Å². The molecule has 0 aliphatic carbocycles. The molecule has 2 aromatic rings. The average Bonchev–Trinajstić information content (AvgIpc) is 2.92. The van der Waals surface area contributed by atoms with E-state index in [1.165, 1.54) is 0 Å². The largest absolute Gasteiger partial charge is 0.497 e. The molecule has 0 aliphatic heterocycles. The standard InChI is InChI=1S/C16H20ClNO2S/c1-16(2,3)13-7-12(19-4)5-6-14(13)20-9-15-18-11(8-17)10-21-15/h5-7,10H,8-9H2,1-4H3. The van der Waals surface area contributed by atoms with Crippen LogP contribution in [0.3, 0.4) is 0 Å². The summed E-state index contributed by atoms with van der Waals surface area (Å²) in [4.78, 5) is 4.41. The maximum absolute atomic E-state index is 5.96.